The molecule has 1 aromatic heterocycles. The number of nitrogens with zero attached hydrogens (tertiary/aromatic N) is 2. The van der Waals surface area contributed by atoms with Crippen LogP contribution in [0.1, 0.15) is 64.5 Å². The minimum atomic E-state index is -0.647. The van der Waals surface area contributed by atoms with Crippen molar-refractivity contribution >= 4 is 5.97 Å². The maximum Gasteiger partial charge on any atom is 0.304 e. The van der Waals surface area contributed by atoms with E-state index in [0.717, 1.165) is 13.0 Å². The van der Waals surface area contributed by atoms with E-state index < -0.39 is 5.60 Å². The highest BCUT2D eigenvalue weighted by Gasteiger charge is 2.27. The largest absolute Gasteiger partial charge is 0.446 e. The van der Waals surface area contributed by atoms with Crippen molar-refractivity contribution in [1.82, 2.24) is 9.88 Å². The highest BCUT2D eigenvalue weighted by atomic mass is 16.6. The van der Waals surface area contributed by atoms with Gasteiger partial charge in [-0.2, -0.15) is 0 Å². The normalized spacial score (nSPS) is 18.5. The van der Waals surface area contributed by atoms with Crippen molar-refractivity contribution in [3.63, 3.8) is 0 Å². The number of hydrogen-bond donors (Lipinski definition) is 0. The van der Waals surface area contributed by atoms with Crippen LogP contribution in [0.25, 0.3) is 0 Å². The standard InChI is InChI=1S/C20H28N2O2/c1-4-20(5-2,24-17(3)23)12-9-15-22-14-7-6-11-19(22)18-10-8-13-21-16-18/h8,10,13,16,19H,4-7,11,14-15H2,1-3H3/t19-/m1/s1. The van der Waals surface area contributed by atoms with Gasteiger partial charge < -0.3 is 4.74 Å². The Labute approximate surface area is 145 Å². The van der Waals surface area contributed by atoms with Gasteiger partial charge in [0.05, 0.1) is 6.54 Å². The second kappa shape index (κ2) is 8.84. The van der Waals surface area contributed by atoms with Crippen molar-refractivity contribution in [2.75, 3.05) is 13.1 Å². The minimum absolute atomic E-state index is 0.265. The molecule has 0 spiro atoms. The predicted molar refractivity (Wildman–Crippen MR) is 95.3 cm³/mol. The Bertz CT molecular complexity index is 585. The molecule has 4 heteroatoms. The van der Waals surface area contributed by atoms with Crippen molar-refractivity contribution < 1.29 is 9.53 Å². The van der Waals surface area contributed by atoms with Gasteiger partial charge in [0.15, 0.2) is 5.60 Å². The SMILES string of the molecule is CCC(C#CCN1CCCC[C@@H]1c1cccnc1)(CC)OC(C)=O. The number of carbonyl (C=O) groups is 1. The highest BCUT2D eigenvalue weighted by molar-refractivity contribution is 5.67. The Hall–Kier alpha value is -1.86. The first-order chi connectivity index (χ1) is 11.6. The summed E-state index contributed by atoms with van der Waals surface area (Å²) in [5.41, 5.74) is 0.613. The number of likely N-dealkylation sites (tertiary alicyclic amines) is 1. The van der Waals surface area contributed by atoms with E-state index in [1.807, 2.05) is 32.3 Å². The molecule has 0 bridgehead atoms. The third-order valence-corrected chi connectivity index (χ3v) is 4.76. The van der Waals surface area contributed by atoms with Crippen molar-refractivity contribution in [3.05, 3.63) is 30.1 Å². The molecular weight excluding hydrogens is 300 g/mol. The molecule has 24 heavy (non-hydrogen) atoms. The molecular formula is C20H28N2O2. The summed E-state index contributed by atoms with van der Waals surface area (Å²) >= 11 is 0. The zero-order valence-electron chi connectivity index (χ0n) is 15.0. The summed E-state index contributed by atoms with van der Waals surface area (Å²) in [6.45, 7) is 7.22. The third kappa shape index (κ3) is 4.82. The van der Waals surface area contributed by atoms with Crippen LogP contribution in [0.4, 0.5) is 0 Å². The molecule has 0 N–H and O–H groups in total. The van der Waals surface area contributed by atoms with Crippen LogP contribution >= 0.6 is 0 Å². The first-order valence-corrected chi connectivity index (χ1v) is 8.94. The monoisotopic (exact) mass is 328 g/mol. The number of ether oxygens (including phenoxy) is 1. The van der Waals surface area contributed by atoms with Crippen molar-refractivity contribution in [1.29, 1.82) is 0 Å². The highest BCUT2D eigenvalue weighted by Crippen LogP contribution is 2.30. The molecule has 0 saturated carbocycles. The minimum Gasteiger partial charge on any atom is -0.446 e. The van der Waals surface area contributed by atoms with Gasteiger partial charge in [0.1, 0.15) is 0 Å². The van der Waals surface area contributed by atoms with Crippen molar-refractivity contribution in [2.45, 2.75) is 64.5 Å². The second-order valence-electron chi connectivity index (χ2n) is 6.37. The summed E-state index contributed by atoms with van der Waals surface area (Å²) in [6.07, 6.45) is 8.78. The molecule has 1 fully saturated rings. The van der Waals surface area contributed by atoms with E-state index in [-0.39, 0.29) is 5.97 Å². The average molecular weight is 328 g/mol. The van der Waals surface area contributed by atoms with E-state index in [9.17, 15) is 4.79 Å². The number of pyridine rings is 1. The summed E-state index contributed by atoms with van der Waals surface area (Å²) in [5, 5.41) is 0. The molecule has 0 unspecified atom stereocenters. The molecule has 1 aliphatic rings. The van der Waals surface area contributed by atoms with Gasteiger partial charge in [-0.25, -0.2) is 0 Å². The van der Waals surface area contributed by atoms with Crippen LogP contribution in [0.3, 0.4) is 0 Å². The van der Waals surface area contributed by atoms with Gasteiger partial charge in [-0.3, -0.25) is 14.7 Å². The molecule has 2 rings (SSSR count). The van der Waals surface area contributed by atoms with Crippen LogP contribution < -0.4 is 0 Å². The van der Waals surface area contributed by atoms with Crippen LogP contribution in [0.2, 0.25) is 0 Å². The molecule has 1 saturated heterocycles. The number of esters is 1. The average Bonchev–Trinajstić information content (AvgIpc) is 2.61. The summed E-state index contributed by atoms with van der Waals surface area (Å²) < 4.78 is 5.50. The van der Waals surface area contributed by atoms with Gasteiger partial charge in [0.2, 0.25) is 0 Å². The van der Waals surface area contributed by atoms with Gasteiger partial charge in [-0.15, -0.1) is 0 Å². The van der Waals surface area contributed by atoms with E-state index >= 15 is 0 Å². The van der Waals surface area contributed by atoms with Gasteiger partial charge in [-0.05, 0) is 43.9 Å². The topological polar surface area (TPSA) is 42.4 Å². The molecule has 1 aliphatic heterocycles. The van der Waals surface area contributed by atoms with Crippen LogP contribution in [0.15, 0.2) is 24.5 Å². The lowest BCUT2D eigenvalue weighted by Gasteiger charge is -2.34. The maximum atomic E-state index is 11.4. The summed E-state index contributed by atoms with van der Waals surface area (Å²) in [6, 6.07) is 4.52. The predicted octanol–water partition coefficient (Wildman–Crippen LogP) is 3.73. The Morgan fingerprint density at radius 3 is 2.83 bits per heavy atom. The van der Waals surface area contributed by atoms with Crippen LogP contribution in [0.5, 0.6) is 0 Å². The van der Waals surface area contributed by atoms with Gasteiger partial charge in [-0.1, -0.05) is 38.2 Å². The quantitative estimate of drug-likeness (QED) is 0.610. The number of carbonyl (C=O) groups excluding carboxylic acids is 1. The van der Waals surface area contributed by atoms with Gasteiger partial charge >= 0.3 is 5.97 Å². The lowest BCUT2D eigenvalue weighted by Crippen LogP contribution is -2.35. The number of aromatic nitrogens is 1. The fraction of sp³-hybridized carbons (Fsp3) is 0.600. The van der Waals surface area contributed by atoms with E-state index in [2.05, 4.69) is 27.8 Å². The molecule has 0 aromatic carbocycles. The lowest BCUT2D eigenvalue weighted by molar-refractivity contribution is -0.152. The van der Waals surface area contributed by atoms with Gasteiger partial charge in [0.25, 0.3) is 0 Å². The lowest BCUT2D eigenvalue weighted by atomic mass is 9.96. The van der Waals surface area contributed by atoms with Crippen LogP contribution in [-0.2, 0) is 9.53 Å². The molecule has 1 aromatic rings. The Morgan fingerprint density at radius 1 is 1.42 bits per heavy atom. The van der Waals surface area contributed by atoms with E-state index in [1.165, 1.54) is 25.3 Å². The molecule has 4 nitrogen and oxygen atoms in total. The van der Waals surface area contributed by atoms with Crippen LogP contribution in [-0.4, -0.2) is 34.5 Å². The molecule has 1 atom stereocenters. The van der Waals surface area contributed by atoms with Crippen LogP contribution in [0, 0.1) is 11.8 Å². The molecule has 130 valence electrons. The Morgan fingerprint density at radius 2 is 2.21 bits per heavy atom. The zero-order valence-corrected chi connectivity index (χ0v) is 15.0. The molecule has 2 heterocycles. The van der Waals surface area contributed by atoms with E-state index in [0.29, 0.717) is 25.4 Å². The summed E-state index contributed by atoms with van der Waals surface area (Å²) in [4.78, 5) is 18.0. The Balaban J connectivity index is 2.10. The van der Waals surface area contributed by atoms with Crippen molar-refractivity contribution in [2.24, 2.45) is 0 Å². The maximum absolute atomic E-state index is 11.4. The number of rotatable bonds is 5. The number of piperidine rings is 1. The van der Waals surface area contributed by atoms with Gasteiger partial charge in [0, 0.05) is 25.4 Å². The first-order valence-electron chi connectivity index (χ1n) is 8.94. The van der Waals surface area contributed by atoms with E-state index in [4.69, 9.17) is 4.74 Å². The zero-order chi connectivity index (χ0) is 17.4. The van der Waals surface area contributed by atoms with E-state index in [1.54, 1.807) is 0 Å². The molecule has 0 amide bonds. The first kappa shape index (κ1) is 18.5. The molecule has 0 aliphatic carbocycles. The van der Waals surface area contributed by atoms with Crippen molar-refractivity contribution in [3.8, 4) is 11.8 Å². The second-order valence-corrected chi connectivity index (χ2v) is 6.37. The summed E-state index contributed by atoms with van der Waals surface area (Å²) in [5.74, 6) is 6.25. The summed E-state index contributed by atoms with van der Waals surface area (Å²) in [7, 11) is 0. The molecule has 0 radical (unpaired) electrons. The fourth-order valence-corrected chi connectivity index (χ4v) is 3.30. The smallest absolute Gasteiger partial charge is 0.304 e. The Kier molecular flexibility index (Phi) is 6.81. The number of hydrogen-bond acceptors (Lipinski definition) is 4. The third-order valence-electron chi connectivity index (χ3n) is 4.76. The fourth-order valence-electron chi connectivity index (χ4n) is 3.30.